The van der Waals surface area contributed by atoms with Crippen LogP contribution in [-0.2, 0) is 24.4 Å². The quantitative estimate of drug-likeness (QED) is 0.846. The van der Waals surface area contributed by atoms with Gasteiger partial charge in [0.25, 0.3) is 0 Å². The van der Waals surface area contributed by atoms with Crippen LogP contribution in [0.4, 0.5) is 4.79 Å². The van der Waals surface area contributed by atoms with Gasteiger partial charge in [0.05, 0.1) is 24.3 Å². The van der Waals surface area contributed by atoms with Gasteiger partial charge in [0.15, 0.2) is 0 Å². The van der Waals surface area contributed by atoms with Crippen LogP contribution in [-0.4, -0.2) is 46.3 Å². The summed E-state index contributed by atoms with van der Waals surface area (Å²) in [4.78, 5) is 17.6. The minimum absolute atomic E-state index is 0.354. The molecule has 1 aromatic heterocycles. The smallest absolute Gasteiger partial charge is 0.315 e. The molecular weight excluding hydrogens is 270 g/mol. The van der Waals surface area contributed by atoms with Crippen molar-refractivity contribution < 1.29 is 9.53 Å². The lowest BCUT2D eigenvalue weighted by Crippen LogP contribution is -2.36. The zero-order valence-corrected chi connectivity index (χ0v) is 12.3. The number of hydrogen-bond acceptors (Lipinski definition) is 4. The van der Waals surface area contributed by atoms with Gasteiger partial charge in [0.1, 0.15) is 0 Å². The third kappa shape index (κ3) is 3.36. The molecule has 2 amide bonds. The minimum atomic E-state index is -0.354. The minimum Gasteiger partial charge on any atom is -0.381 e. The van der Waals surface area contributed by atoms with Crippen LogP contribution >= 0.6 is 0 Å². The number of nitrogens with zero attached hydrogens (tertiary/aromatic N) is 3. The molecule has 0 unspecified atom stereocenters. The average Bonchev–Trinajstić information content (AvgIpc) is 2.74. The van der Waals surface area contributed by atoms with Crippen molar-refractivity contribution >= 4 is 6.03 Å². The molecule has 2 aliphatic rings. The van der Waals surface area contributed by atoms with Crippen molar-refractivity contribution in [3.8, 4) is 0 Å². The summed E-state index contributed by atoms with van der Waals surface area (Å²) in [5, 5.41) is 3.55. The topological polar surface area (TPSA) is 85.4 Å². The van der Waals surface area contributed by atoms with Crippen molar-refractivity contribution in [1.29, 1.82) is 0 Å². The first-order valence-electron chi connectivity index (χ1n) is 7.62. The van der Waals surface area contributed by atoms with Crippen LogP contribution in [0, 0.1) is 0 Å². The van der Waals surface area contributed by atoms with E-state index in [2.05, 4.69) is 14.9 Å². The summed E-state index contributed by atoms with van der Waals surface area (Å²) < 4.78 is 7.51. The monoisotopic (exact) mass is 293 g/mol. The van der Waals surface area contributed by atoms with Gasteiger partial charge in [-0.2, -0.15) is 0 Å². The molecule has 3 N–H and O–H groups in total. The maximum absolute atomic E-state index is 11.4. The van der Waals surface area contributed by atoms with Gasteiger partial charge in [0.2, 0.25) is 0 Å². The molecule has 21 heavy (non-hydrogen) atoms. The van der Waals surface area contributed by atoms with Crippen molar-refractivity contribution in [2.24, 2.45) is 5.73 Å². The van der Waals surface area contributed by atoms with Gasteiger partial charge in [-0.1, -0.05) is 0 Å². The van der Waals surface area contributed by atoms with Crippen LogP contribution in [0.2, 0.25) is 0 Å². The molecule has 0 bridgehead atoms. The molecule has 0 aliphatic carbocycles. The lowest BCUT2D eigenvalue weighted by atomic mass is 10.1. The Labute approximate surface area is 124 Å². The Bertz CT molecular complexity index is 496. The Hall–Kier alpha value is -1.60. The van der Waals surface area contributed by atoms with Gasteiger partial charge < -0.3 is 25.3 Å². The molecule has 7 heteroatoms. The fraction of sp³-hybridized carbons (Fsp3) is 0.714. The number of carbonyl (C=O) groups is 1. The highest BCUT2D eigenvalue weighted by Crippen LogP contribution is 2.17. The molecule has 116 valence electrons. The number of nitrogens with one attached hydrogen (secondary N) is 1. The van der Waals surface area contributed by atoms with Crippen molar-refractivity contribution in [2.75, 3.05) is 19.8 Å². The number of urea groups is 1. The SMILES string of the molecule is NC(=O)N1CCCn2cnc(CNC3CCOCC3)c2C1. The highest BCUT2D eigenvalue weighted by Gasteiger charge is 2.21. The highest BCUT2D eigenvalue weighted by atomic mass is 16.5. The third-order valence-electron chi connectivity index (χ3n) is 4.29. The van der Waals surface area contributed by atoms with E-state index in [1.54, 1.807) is 4.90 Å². The van der Waals surface area contributed by atoms with Gasteiger partial charge >= 0.3 is 6.03 Å². The second kappa shape index (κ2) is 6.44. The molecule has 0 radical (unpaired) electrons. The van der Waals surface area contributed by atoms with Gasteiger partial charge in [-0.15, -0.1) is 0 Å². The number of carbonyl (C=O) groups excluding carboxylic acids is 1. The normalized spacial score (nSPS) is 20.1. The molecule has 1 saturated heterocycles. The third-order valence-corrected chi connectivity index (χ3v) is 4.29. The predicted octanol–water partition coefficient (Wildman–Crippen LogP) is 0.436. The molecule has 3 heterocycles. The van der Waals surface area contributed by atoms with Crippen molar-refractivity contribution in [3.63, 3.8) is 0 Å². The number of primary amides is 1. The molecular formula is C14H23N5O2. The maximum Gasteiger partial charge on any atom is 0.315 e. The number of amides is 2. The van der Waals surface area contributed by atoms with Crippen LogP contribution in [0.15, 0.2) is 6.33 Å². The van der Waals surface area contributed by atoms with Crippen LogP contribution < -0.4 is 11.1 Å². The second-order valence-corrected chi connectivity index (χ2v) is 5.71. The van der Waals surface area contributed by atoms with E-state index >= 15 is 0 Å². The van der Waals surface area contributed by atoms with Gasteiger partial charge in [-0.3, -0.25) is 0 Å². The van der Waals surface area contributed by atoms with E-state index in [0.717, 1.165) is 57.0 Å². The van der Waals surface area contributed by atoms with E-state index in [1.165, 1.54) is 0 Å². The predicted molar refractivity (Wildman–Crippen MR) is 77.5 cm³/mol. The molecule has 0 atom stereocenters. The number of imidazole rings is 1. The van der Waals surface area contributed by atoms with E-state index in [-0.39, 0.29) is 6.03 Å². The van der Waals surface area contributed by atoms with E-state index in [9.17, 15) is 4.79 Å². The fourth-order valence-electron chi connectivity index (χ4n) is 2.99. The zero-order valence-electron chi connectivity index (χ0n) is 12.3. The molecule has 2 aliphatic heterocycles. The average molecular weight is 293 g/mol. The molecule has 3 rings (SSSR count). The Morgan fingerprint density at radius 3 is 3.00 bits per heavy atom. The van der Waals surface area contributed by atoms with E-state index in [1.807, 2.05) is 6.33 Å². The lowest BCUT2D eigenvalue weighted by molar-refractivity contribution is 0.0775. The van der Waals surface area contributed by atoms with Crippen LogP contribution in [0.1, 0.15) is 30.7 Å². The highest BCUT2D eigenvalue weighted by molar-refractivity contribution is 5.72. The number of rotatable bonds is 3. The summed E-state index contributed by atoms with van der Waals surface area (Å²) in [5.74, 6) is 0. The van der Waals surface area contributed by atoms with Crippen LogP contribution in [0.25, 0.3) is 0 Å². The van der Waals surface area contributed by atoms with Crippen molar-refractivity contribution in [3.05, 3.63) is 17.7 Å². The second-order valence-electron chi connectivity index (χ2n) is 5.71. The molecule has 0 saturated carbocycles. The van der Waals surface area contributed by atoms with E-state index in [0.29, 0.717) is 19.1 Å². The molecule has 0 spiro atoms. The largest absolute Gasteiger partial charge is 0.381 e. The van der Waals surface area contributed by atoms with E-state index in [4.69, 9.17) is 10.5 Å². The lowest BCUT2D eigenvalue weighted by Gasteiger charge is -2.23. The van der Waals surface area contributed by atoms with Crippen LogP contribution in [0.3, 0.4) is 0 Å². The Kier molecular flexibility index (Phi) is 4.40. The molecule has 7 nitrogen and oxygen atoms in total. The number of nitrogens with two attached hydrogens (primary N) is 1. The number of hydrogen-bond donors (Lipinski definition) is 2. The summed E-state index contributed by atoms with van der Waals surface area (Å²) in [7, 11) is 0. The summed E-state index contributed by atoms with van der Waals surface area (Å²) >= 11 is 0. The molecule has 1 aromatic rings. The number of aromatic nitrogens is 2. The first-order chi connectivity index (χ1) is 10.2. The van der Waals surface area contributed by atoms with Crippen molar-refractivity contribution in [2.45, 2.75) is 44.9 Å². The zero-order chi connectivity index (χ0) is 14.7. The fourth-order valence-corrected chi connectivity index (χ4v) is 2.99. The van der Waals surface area contributed by atoms with Gasteiger partial charge in [-0.25, -0.2) is 9.78 Å². The van der Waals surface area contributed by atoms with E-state index < -0.39 is 0 Å². The van der Waals surface area contributed by atoms with Crippen LogP contribution in [0.5, 0.6) is 0 Å². The Morgan fingerprint density at radius 2 is 2.24 bits per heavy atom. The Balaban J connectivity index is 1.66. The first kappa shape index (κ1) is 14.3. The summed E-state index contributed by atoms with van der Waals surface area (Å²) in [6.45, 7) is 4.55. The van der Waals surface area contributed by atoms with Gasteiger partial charge in [0, 0.05) is 38.9 Å². The number of aryl methyl sites for hydroxylation is 1. The summed E-state index contributed by atoms with van der Waals surface area (Å²) in [5.41, 5.74) is 7.56. The molecule has 1 fully saturated rings. The standard InChI is InChI=1S/C14H23N5O2/c15-14(20)18-4-1-5-19-10-17-12(13(19)9-18)8-16-11-2-6-21-7-3-11/h10-11,16H,1-9H2,(H2,15,20). The van der Waals surface area contributed by atoms with Gasteiger partial charge in [-0.05, 0) is 19.3 Å². The summed E-state index contributed by atoms with van der Waals surface area (Å²) in [6.07, 6.45) is 4.88. The maximum atomic E-state index is 11.4. The molecule has 0 aromatic carbocycles. The first-order valence-corrected chi connectivity index (χ1v) is 7.62. The summed E-state index contributed by atoms with van der Waals surface area (Å²) in [6, 6.07) is 0.141. The number of fused-ring (bicyclic) bond motifs is 1. The number of ether oxygens (including phenoxy) is 1. The van der Waals surface area contributed by atoms with Crippen molar-refractivity contribution in [1.82, 2.24) is 19.8 Å². The Morgan fingerprint density at radius 1 is 1.43 bits per heavy atom.